The predicted molar refractivity (Wildman–Crippen MR) is 127 cm³/mol. The van der Waals surface area contributed by atoms with Gasteiger partial charge in [-0.3, -0.25) is 9.78 Å². The van der Waals surface area contributed by atoms with Gasteiger partial charge in [0.1, 0.15) is 11.9 Å². The molecule has 1 aliphatic heterocycles. The second-order valence-corrected chi connectivity index (χ2v) is 9.40. The summed E-state index contributed by atoms with van der Waals surface area (Å²) in [4.78, 5) is 36.3. The van der Waals surface area contributed by atoms with Crippen LogP contribution in [0, 0.1) is 0 Å². The summed E-state index contributed by atoms with van der Waals surface area (Å²) in [5.41, 5.74) is -0.964. The molecule has 37 heavy (non-hydrogen) atoms. The molecule has 1 amide bonds. The van der Waals surface area contributed by atoms with E-state index in [9.17, 15) is 27.9 Å². The first-order valence-electron chi connectivity index (χ1n) is 12.4. The summed E-state index contributed by atoms with van der Waals surface area (Å²) >= 11 is 0. The lowest BCUT2D eigenvalue weighted by Crippen LogP contribution is -2.46. The van der Waals surface area contributed by atoms with Gasteiger partial charge in [0.2, 0.25) is 5.91 Å². The lowest BCUT2D eigenvalue weighted by molar-refractivity contribution is -0.145. The van der Waals surface area contributed by atoms with E-state index in [4.69, 9.17) is 4.74 Å². The van der Waals surface area contributed by atoms with Crippen molar-refractivity contribution in [1.29, 1.82) is 0 Å². The van der Waals surface area contributed by atoms with E-state index in [2.05, 4.69) is 31.7 Å². The Labute approximate surface area is 212 Å². The molecule has 2 aromatic rings. The van der Waals surface area contributed by atoms with Crippen LogP contribution in [0.2, 0.25) is 0 Å². The smallest absolute Gasteiger partial charge is 0.435 e. The van der Waals surface area contributed by atoms with E-state index in [1.165, 1.54) is 5.56 Å². The number of carboxylic acid groups (broad SMARTS) is 1. The Morgan fingerprint density at radius 3 is 2.68 bits per heavy atom. The van der Waals surface area contributed by atoms with Crippen LogP contribution >= 0.6 is 0 Å². The summed E-state index contributed by atoms with van der Waals surface area (Å²) in [7, 11) is 0. The molecular weight excluding hydrogens is 491 g/mol. The van der Waals surface area contributed by atoms with Crippen molar-refractivity contribution in [2.75, 3.05) is 25.1 Å². The fourth-order valence-electron chi connectivity index (χ4n) is 4.47. The van der Waals surface area contributed by atoms with E-state index in [1.54, 1.807) is 0 Å². The Hall–Kier alpha value is -3.28. The normalized spacial score (nSPS) is 16.8. The zero-order valence-electron chi connectivity index (χ0n) is 20.3. The van der Waals surface area contributed by atoms with E-state index < -0.39 is 40.9 Å². The van der Waals surface area contributed by atoms with Crippen molar-refractivity contribution in [3.8, 4) is 0 Å². The summed E-state index contributed by atoms with van der Waals surface area (Å²) in [6, 6.07) is 2.86. The summed E-state index contributed by atoms with van der Waals surface area (Å²) < 4.78 is 45.7. The summed E-state index contributed by atoms with van der Waals surface area (Å²) in [6.07, 6.45) is 2.06. The molecule has 0 aromatic carbocycles. The highest BCUT2D eigenvalue weighted by atomic mass is 19.4. The molecule has 1 atom stereocenters. The number of fused-ring (bicyclic) bond motifs is 1. The molecule has 2 aromatic heterocycles. The average Bonchev–Trinajstić information content (AvgIpc) is 3.69. The number of nitrogens with one attached hydrogen (secondary N) is 2. The van der Waals surface area contributed by atoms with Crippen molar-refractivity contribution >= 4 is 17.7 Å². The Bertz CT molecular complexity index is 1120. The number of rotatable bonds is 12. The van der Waals surface area contributed by atoms with Crippen molar-refractivity contribution in [2.24, 2.45) is 0 Å². The van der Waals surface area contributed by atoms with Crippen molar-refractivity contribution in [3.63, 3.8) is 0 Å². The quantitative estimate of drug-likeness (QED) is 0.364. The average molecular weight is 522 g/mol. The largest absolute Gasteiger partial charge is 0.480 e. The molecule has 3 heterocycles. The standard InChI is InChI=1S/C25H30F3N5O4/c26-25(27,28)20-19(29-12-13-30-20)24(9-10-24)23(36)33-18(22(34)35)8-15-37-14-2-1-5-17-7-6-16-4-3-11-31-21(16)32-17/h6-7,12-13,18H,1-5,8-11,14-15H2,(H,31,32)(H,33,36)(H,34,35)/t18-/m0/s1. The number of nitrogens with zero attached hydrogens (tertiary/aromatic N) is 3. The fraction of sp³-hybridized carbons (Fsp3) is 0.560. The number of hydrogen-bond acceptors (Lipinski definition) is 7. The third-order valence-corrected chi connectivity index (χ3v) is 6.68. The van der Waals surface area contributed by atoms with Crippen LogP contribution in [-0.2, 0) is 38.8 Å². The zero-order chi connectivity index (χ0) is 26.5. The number of anilines is 1. The van der Waals surface area contributed by atoms with Crippen molar-refractivity contribution < 1.29 is 32.6 Å². The van der Waals surface area contributed by atoms with Gasteiger partial charge in [-0.05, 0) is 56.6 Å². The number of aryl methyl sites for hydroxylation is 2. The molecule has 200 valence electrons. The highest BCUT2D eigenvalue weighted by Crippen LogP contribution is 2.50. The number of amides is 1. The number of carboxylic acids is 1. The molecule has 1 aliphatic carbocycles. The van der Waals surface area contributed by atoms with Gasteiger partial charge in [0.25, 0.3) is 0 Å². The van der Waals surface area contributed by atoms with Crippen LogP contribution in [0.4, 0.5) is 19.0 Å². The molecule has 3 N–H and O–H groups in total. The first-order valence-corrected chi connectivity index (χ1v) is 12.4. The molecule has 0 unspecified atom stereocenters. The molecule has 0 saturated heterocycles. The van der Waals surface area contributed by atoms with Gasteiger partial charge in [-0.2, -0.15) is 13.2 Å². The van der Waals surface area contributed by atoms with E-state index in [1.807, 2.05) is 6.07 Å². The van der Waals surface area contributed by atoms with E-state index >= 15 is 0 Å². The molecule has 0 bridgehead atoms. The van der Waals surface area contributed by atoms with Crippen LogP contribution in [0.1, 0.15) is 61.2 Å². The Balaban J connectivity index is 1.21. The second kappa shape index (κ2) is 11.4. The zero-order valence-corrected chi connectivity index (χ0v) is 20.3. The topological polar surface area (TPSA) is 126 Å². The van der Waals surface area contributed by atoms with Crippen molar-refractivity contribution in [2.45, 2.75) is 69.0 Å². The Kier molecular flexibility index (Phi) is 8.25. The summed E-state index contributed by atoms with van der Waals surface area (Å²) in [6.45, 7) is 1.44. The van der Waals surface area contributed by atoms with Gasteiger partial charge in [0, 0.05) is 44.3 Å². The molecule has 1 fully saturated rings. The summed E-state index contributed by atoms with van der Waals surface area (Å²) in [5.74, 6) is -1.11. The van der Waals surface area contributed by atoms with Crippen LogP contribution in [-0.4, -0.2) is 57.7 Å². The van der Waals surface area contributed by atoms with Gasteiger partial charge in [-0.15, -0.1) is 0 Å². The van der Waals surface area contributed by atoms with Gasteiger partial charge < -0.3 is 20.5 Å². The van der Waals surface area contributed by atoms with Crippen LogP contribution in [0.3, 0.4) is 0 Å². The molecule has 0 spiro atoms. The molecular formula is C25H30F3N5O4. The van der Waals surface area contributed by atoms with Gasteiger partial charge >= 0.3 is 12.1 Å². The number of ether oxygens (including phenoxy) is 1. The number of carbonyl (C=O) groups is 2. The van der Waals surface area contributed by atoms with E-state index in [0.29, 0.717) is 6.61 Å². The van der Waals surface area contributed by atoms with E-state index in [0.717, 1.165) is 62.6 Å². The van der Waals surface area contributed by atoms with Gasteiger partial charge in [-0.1, -0.05) is 6.07 Å². The number of carbonyl (C=O) groups excluding carboxylic acids is 1. The molecule has 9 nitrogen and oxygen atoms in total. The minimum Gasteiger partial charge on any atom is -0.480 e. The Morgan fingerprint density at radius 1 is 1.16 bits per heavy atom. The molecule has 1 saturated carbocycles. The van der Waals surface area contributed by atoms with Crippen LogP contribution in [0.25, 0.3) is 0 Å². The van der Waals surface area contributed by atoms with Gasteiger partial charge in [-0.25, -0.2) is 14.8 Å². The Morgan fingerprint density at radius 2 is 1.95 bits per heavy atom. The highest BCUT2D eigenvalue weighted by Gasteiger charge is 2.57. The number of alkyl halides is 3. The lowest BCUT2D eigenvalue weighted by Gasteiger charge is -2.21. The lowest BCUT2D eigenvalue weighted by atomic mass is 9.97. The monoisotopic (exact) mass is 521 g/mol. The number of hydrogen-bond donors (Lipinski definition) is 3. The van der Waals surface area contributed by atoms with Crippen LogP contribution in [0.15, 0.2) is 24.5 Å². The third-order valence-electron chi connectivity index (χ3n) is 6.68. The first kappa shape index (κ1) is 26.8. The van der Waals surface area contributed by atoms with Gasteiger partial charge in [0.05, 0.1) is 11.1 Å². The summed E-state index contributed by atoms with van der Waals surface area (Å²) in [5, 5.41) is 15.2. The first-order chi connectivity index (χ1) is 17.7. The predicted octanol–water partition coefficient (Wildman–Crippen LogP) is 3.28. The SMILES string of the molecule is O=C(O)[C@H](CCOCCCCc1ccc2c(n1)NCCC2)NC(=O)C1(c2nccnc2C(F)(F)F)CC1. The fourth-order valence-corrected chi connectivity index (χ4v) is 4.47. The third kappa shape index (κ3) is 6.54. The molecule has 0 radical (unpaired) electrons. The molecule has 2 aliphatic rings. The van der Waals surface area contributed by atoms with Crippen LogP contribution in [0.5, 0.6) is 0 Å². The minimum atomic E-state index is -4.77. The maximum Gasteiger partial charge on any atom is 0.435 e. The van der Waals surface area contributed by atoms with E-state index in [-0.39, 0.29) is 25.9 Å². The maximum atomic E-state index is 13.4. The maximum absolute atomic E-state index is 13.4. The van der Waals surface area contributed by atoms with Crippen molar-refractivity contribution in [1.82, 2.24) is 20.3 Å². The minimum absolute atomic E-state index is 0.0121. The van der Waals surface area contributed by atoms with Gasteiger partial charge in [0.15, 0.2) is 5.69 Å². The van der Waals surface area contributed by atoms with Crippen LogP contribution < -0.4 is 10.6 Å². The number of aliphatic carboxylic acids is 1. The molecule has 12 heteroatoms. The van der Waals surface area contributed by atoms with Crippen molar-refractivity contribution in [3.05, 3.63) is 47.2 Å². The number of aromatic nitrogens is 3. The second-order valence-electron chi connectivity index (χ2n) is 9.40. The molecule has 4 rings (SSSR count). The highest BCUT2D eigenvalue weighted by molar-refractivity contribution is 5.93. The number of pyridine rings is 1. The number of unbranched alkanes of at least 4 members (excludes halogenated alkanes) is 1. The number of halogens is 3.